The van der Waals surface area contributed by atoms with Crippen LogP contribution in [0.25, 0.3) is 0 Å². The Balaban J connectivity index is 3.15. The van der Waals surface area contributed by atoms with Crippen molar-refractivity contribution in [2.75, 3.05) is 6.54 Å². The maximum absolute atomic E-state index is 11.7. The molecule has 0 aliphatic carbocycles. The van der Waals surface area contributed by atoms with Crippen molar-refractivity contribution in [2.45, 2.75) is 136 Å². The summed E-state index contributed by atoms with van der Waals surface area (Å²) < 4.78 is 0. The van der Waals surface area contributed by atoms with Crippen LogP contribution < -0.4 is 5.32 Å². The van der Waals surface area contributed by atoms with Crippen LogP contribution in [0.15, 0.2) is 0 Å². The summed E-state index contributed by atoms with van der Waals surface area (Å²) in [5.74, 6) is 0.431. The molecule has 0 aromatic heterocycles. The Labute approximate surface area is 169 Å². The van der Waals surface area contributed by atoms with Gasteiger partial charge in [0.15, 0.2) is 0 Å². The van der Waals surface area contributed by atoms with Crippen LogP contribution in [0.4, 0.5) is 0 Å². The van der Waals surface area contributed by atoms with Crippen LogP contribution in [0, 0.1) is 0 Å². The Hall–Kier alpha value is -0.860. The van der Waals surface area contributed by atoms with E-state index in [2.05, 4.69) is 12.2 Å². The van der Waals surface area contributed by atoms with E-state index >= 15 is 0 Å². The predicted molar refractivity (Wildman–Crippen MR) is 117 cm³/mol. The third-order valence-corrected chi connectivity index (χ3v) is 5.36. The molecule has 1 N–H and O–H groups in total. The van der Waals surface area contributed by atoms with Crippen molar-refractivity contribution in [1.82, 2.24) is 5.32 Å². The van der Waals surface area contributed by atoms with Crippen molar-refractivity contribution < 1.29 is 9.59 Å². The summed E-state index contributed by atoms with van der Waals surface area (Å²) in [6.45, 7) is 4.80. The van der Waals surface area contributed by atoms with Crippen LogP contribution in [-0.4, -0.2) is 18.2 Å². The van der Waals surface area contributed by atoms with E-state index in [4.69, 9.17) is 0 Å². The average Bonchev–Trinajstić information content (AvgIpc) is 2.68. The molecule has 0 radical (unpaired) electrons. The number of hydrogen-bond acceptors (Lipinski definition) is 2. The Bertz CT molecular complexity index is 341. The minimum absolute atomic E-state index is 0.147. The summed E-state index contributed by atoms with van der Waals surface area (Å²) in [5, 5.41) is 2.92. The third-order valence-electron chi connectivity index (χ3n) is 5.36. The van der Waals surface area contributed by atoms with Crippen molar-refractivity contribution in [3.63, 3.8) is 0 Å². The van der Waals surface area contributed by atoms with Gasteiger partial charge in [0.25, 0.3) is 0 Å². The highest BCUT2D eigenvalue weighted by Gasteiger charge is 2.02. The topological polar surface area (TPSA) is 46.2 Å². The molecule has 0 unspecified atom stereocenters. The monoisotopic (exact) mass is 381 g/mol. The van der Waals surface area contributed by atoms with Crippen molar-refractivity contribution in [3.05, 3.63) is 0 Å². The fourth-order valence-electron chi connectivity index (χ4n) is 3.44. The van der Waals surface area contributed by atoms with E-state index in [1.807, 2.05) is 6.92 Å². The lowest BCUT2D eigenvalue weighted by molar-refractivity contribution is -0.122. The van der Waals surface area contributed by atoms with Crippen molar-refractivity contribution in [3.8, 4) is 0 Å². The van der Waals surface area contributed by atoms with Crippen LogP contribution in [0.1, 0.15) is 136 Å². The molecule has 0 heterocycles. The average molecular weight is 382 g/mol. The molecule has 3 nitrogen and oxygen atoms in total. The molecule has 3 heteroatoms. The summed E-state index contributed by atoms with van der Waals surface area (Å²) >= 11 is 0. The van der Waals surface area contributed by atoms with Gasteiger partial charge in [-0.25, -0.2) is 0 Å². The molecule has 0 bridgehead atoms. The standard InChI is InChI=1S/C24H47NO2/c1-3-5-6-7-8-9-10-11-12-13-14-15-16-17-18-21-24(27)25-22-19-20-23(26)4-2/h3-22H2,1-2H3,(H,25,27). The van der Waals surface area contributed by atoms with Crippen molar-refractivity contribution in [2.24, 2.45) is 0 Å². The fourth-order valence-corrected chi connectivity index (χ4v) is 3.44. The number of carbonyl (C=O) groups is 2. The van der Waals surface area contributed by atoms with Gasteiger partial charge >= 0.3 is 0 Å². The lowest BCUT2D eigenvalue weighted by Gasteiger charge is -2.05. The van der Waals surface area contributed by atoms with Gasteiger partial charge < -0.3 is 5.32 Å². The van der Waals surface area contributed by atoms with Crippen LogP contribution in [0.5, 0.6) is 0 Å². The van der Waals surface area contributed by atoms with Crippen LogP contribution in [-0.2, 0) is 9.59 Å². The second-order valence-electron chi connectivity index (χ2n) is 8.05. The Morgan fingerprint density at radius 1 is 0.556 bits per heavy atom. The van der Waals surface area contributed by atoms with Crippen molar-refractivity contribution >= 4 is 11.7 Å². The number of ketones is 1. The smallest absolute Gasteiger partial charge is 0.219 e. The molecule has 0 aromatic rings. The first-order chi connectivity index (χ1) is 13.2. The van der Waals surface area contributed by atoms with E-state index in [1.54, 1.807) is 0 Å². The summed E-state index contributed by atoms with van der Waals surface area (Å²) in [6.07, 6.45) is 22.8. The van der Waals surface area contributed by atoms with E-state index in [0.29, 0.717) is 25.8 Å². The maximum Gasteiger partial charge on any atom is 0.219 e. The lowest BCUT2D eigenvalue weighted by Crippen LogP contribution is -2.24. The second kappa shape index (κ2) is 21.4. The Morgan fingerprint density at radius 3 is 1.44 bits per heavy atom. The van der Waals surface area contributed by atoms with Crippen LogP contribution in [0.2, 0.25) is 0 Å². The predicted octanol–water partition coefficient (Wildman–Crippen LogP) is 7.12. The first-order valence-electron chi connectivity index (χ1n) is 12.0. The van der Waals surface area contributed by atoms with Gasteiger partial charge in [-0.2, -0.15) is 0 Å². The number of unbranched alkanes of at least 4 members (excludes halogenated alkanes) is 14. The van der Waals surface area contributed by atoms with E-state index in [1.165, 1.54) is 89.9 Å². The zero-order valence-corrected chi connectivity index (χ0v) is 18.5. The molecule has 0 fully saturated rings. The third kappa shape index (κ3) is 21.3. The van der Waals surface area contributed by atoms with Gasteiger partial charge in [0, 0.05) is 25.8 Å². The first kappa shape index (κ1) is 26.1. The molecular weight excluding hydrogens is 334 g/mol. The highest BCUT2D eigenvalue weighted by atomic mass is 16.1. The molecule has 0 rings (SSSR count). The highest BCUT2D eigenvalue weighted by Crippen LogP contribution is 2.13. The minimum Gasteiger partial charge on any atom is -0.356 e. The van der Waals surface area contributed by atoms with Crippen molar-refractivity contribution in [1.29, 1.82) is 0 Å². The number of rotatable bonds is 21. The molecule has 0 saturated carbocycles. The van der Waals surface area contributed by atoms with Gasteiger partial charge in [-0.05, 0) is 12.8 Å². The molecule has 0 saturated heterocycles. The highest BCUT2D eigenvalue weighted by molar-refractivity contribution is 5.78. The summed E-state index contributed by atoms with van der Waals surface area (Å²) in [6, 6.07) is 0. The van der Waals surface area contributed by atoms with Crippen LogP contribution in [0.3, 0.4) is 0 Å². The minimum atomic E-state index is 0.147. The molecule has 1 amide bonds. The number of hydrogen-bond donors (Lipinski definition) is 1. The van der Waals surface area contributed by atoms with E-state index < -0.39 is 0 Å². The summed E-state index contributed by atoms with van der Waals surface area (Å²) in [7, 11) is 0. The number of carbonyl (C=O) groups excluding carboxylic acids is 2. The number of Topliss-reactive ketones (excluding diaryl/α,β-unsaturated/α-hetero) is 1. The molecule has 0 aromatic carbocycles. The maximum atomic E-state index is 11.7. The number of nitrogens with one attached hydrogen (secondary N) is 1. The first-order valence-corrected chi connectivity index (χ1v) is 12.0. The zero-order chi connectivity index (χ0) is 20.0. The fraction of sp³-hybridized carbons (Fsp3) is 0.917. The SMILES string of the molecule is CCCCCCCCCCCCCCCCCC(=O)NCCCC(=O)CC. The second-order valence-corrected chi connectivity index (χ2v) is 8.05. The van der Waals surface area contributed by atoms with Gasteiger partial charge in [0.2, 0.25) is 5.91 Å². The summed E-state index contributed by atoms with van der Waals surface area (Å²) in [5.41, 5.74) is 0. The van der Waals surface area contributed by atoms with Gasteiger partial charge in [-0.3, -0.25) is 9.59 Å². The quantitative estimate of drug-likeness (QED) is 0.215. The molecule has 0 atom stereocenters. The molecule has 0 spiro atoms. The van der Waals surface area contributed by atoms with Gasteiger partial charge in [0.05, 0.1) is 0 Å². The molecule has 0 aliphatic rings. The molecule has 0 aliphatic heterocycles. The normalized spacial score (nSPS) is 10.9. The van der Waals surface area contributed by atoms with E-state index in [0.717, 1.165) is 12.8 Å². The lowest BCUT2D eigenvalue weighted by atomic mass is 10.0. The molecule has 160 valence electrons. The van der Waals surface area contributed by atoms with Gasteiger partial charge in [-0.1, -0.05) is 104 Å². The van der Waals surface area contributed by atoms with Crippen LogP contribution >= 0.6 is 0 Å². The summed E-state index contributed by atoms with van der Waals surface area (Å²) in [4.78, 5) is 22.9. The molecule has 27 heavy (non-hydrogen) atoms. The van der Waals surface area contributed by atoms with E-state index in [9.17, 15) is 9.59 Å². The largest absolute Gasteiger partial charge is 0.356 e. The van der Waals surface area contributed by atoms with Gasteiger partial charge in [-0.15, -0.1) is 0 Å². The van der Waals surface area contributed by atoms with Gasteiger partial charge in [0.1, 0.15) is 5.78 Å². The van der Waals surface area contributed by atoms with E-state index in [-0.39, 0.29) is 11.7 Å². The zero-order valence-electron chi connectivity index (χ0n) is 18.5. The Morgan fingerprint density at radius 2 is 1.00 bits per heavy atom. The molecular formula is C24H47NO2. The Kier molecular flexibility index (Phi) is 20.8. The number of amides is 1.